The number of anilines is 2. The fraction of sp³-hybridized carbons (Fsp3) is 0.391. The Kier molecular flexibility index (Phi) is 8.53. The van der Waals surface area contributed by atoms with Gasteiger partial charge in [-0.3, -0.25) is 9.59 Å². The van der Waals surface area contributed by atoms with Gasteiger partial charge in [0, 0.05) is 17.2 Å². The molecule has 0 bridgehead atoms. The van der Waals surface area contributed by atoms with E-state index in [0.29, 0.717) is 29.3 Å². The Balaban J connectivity index is 2.08. The number of benzene rings is 2. The molecular weight excluding hydrogens is 352 g/mol. The number of hydrogen-bond acceptors (Lipinski definition) is 3. The van der Waals surface area contributed by atoms with Gasteiger partial charge in [0.1, 0.15) is 5.75 Å². The van der Waals surface area contributed by atoms with Crippen LogP contribution < -0.4 is 15.4 Å². The Hall–Kier alpha value is -2.82. The predicted molar refractivity (Wildman–Crippen MR) is 114 cm³/mol. The van der Waals surface area contributed by atoms with E-state index < -0.39 is 0 Å². The van der Waals surface area contributed by atoms with Crippen LogP contribution in [0.1, 0.15) is 56.8 Å². The highest BCUT2D eigenvalue weighted by Gasteiger charge is 2.17. The van der Waals surface area contributed by atoms with E-state index in [2.05, 4.69) is 17.6 Å². The maximum absolute atomic E-state index is 12.7. The standard InChI is InChI=1S/C23H30N2O3/c1-4-7-11-17(5-2)22(26)24-19-13-10-12-18(16-19)23(27)25-20-14-8-9-15-21(20)28-6-3/h8-10,12-17H,4-7,11H2,1-3H3,(H,24,26)(H,25,27)/t17-/m1/s1. The average Bonchev–Trinajstić information content (AvgIpc) is 2.70. The summed E-state index contributed by atoms with van der Waals surface area (Å²) in [5.41, 5.74) is 1.73. The Morgan fingerprint density at radius 3 is 2.50 bits per heavy atom. The molecule has 5 nitrogen and oxygen atoms in total. The number of ether oxygens (including phenoxy) is 1. The third kappa shape index (κ3) is 6.12. The quantitative estimate of drug-likeness (QED) is 0.571. The molecule has 0 radical (unpaired) electrons. The number of carbonyl (C=O) groups is 2. The van der Waals surface area contributed by atoms with Gasteiger partial charge in [0.15, 0.2) is 0 Å². The largest absolute Gasteiger partial charge is 0.492 e. The Labute approximate surface area is 167 Å². The summed E-state index contributed by atoms with van der Waals surface area (Å²) in [6.07, 6.45) is 3.80. The lowest BCUT2D eigenvalue weighted by Gasteiger charge is -2.15. The van der Waals surface area contributed by atoms with Crippen molar-refractivity contribution in [2.24, 2.45) is 5.92 Å². The number of rotatable bonds is 10. The molecular formula is C23H30N2O3. The molecule has 2 N–H and O–H groups in total. The van der Waals surface area contributed by atoms with Gasteiger partial charge in [-0.2, -0.15) is 0 Å². The van der Waals surface area contributed by atoms with Gasteiger partial charge < -0.3 is 15.4 Å². The molecule has 0 aliphatic rings. The number of amides is 2. The minimum Gasteiger partial charge on any atom is -0.492 e. The van der Waals surface area contributed by atoms with Crippen LogP contribution in [-0.4, -0.2) is 18.4 Å². The second kappa shape index (κ2) is 11.1. The lowest BCUT2D eigenvalue weighted by molar-refractivity contribution is -0.120. The molecule has 0 spiro atoms. The maximum Gasteiger partial charge on any atom is 0.255 e. The van der Waals surface area contributed by atoms with Gasteiger partial charge in [0.25, 0.3) is 5.91 Å². The lowest BCUT2D eigenvalue weighted by atomic mass is 9.98. The summed E-state index contributed by atoms with van der Waals surface area (Å²) in [5, 5.41) is 5.83. The van der Waals surface area contributed by atoms with E-state index in [-0.39, 0.29) is 17.7 Å². The van der Waals surface area contributed by atoms with Crippen LogP contribution in [0.3, 0.4) is 0 Å². The van der Waals surface area contributed by atoms with Crippen molar-refractivity contribution in [1.29, 1.82) is 0 Å². The van der Waals surface area contributed by atoms with Crippen LogP contribution >= 0.6 is 0 Å². The SMILES string of the molecule is CCCC[C@@H](CC)C(=O)Nc1cccc(C(=O)Nc2ccccc2OCC)c1. The van der Waals surface area contributed by atoms with E-state index in [1.165, 1.54) is 0 Å². The Bertz CT molecular complexity index is 789. The first-order valence-corrected chi connectivity index (χ1v) is 10.0. The molecule has 0 aliphatic carbocycles. The van der Waals surface area contributed by atoms with E-state index in [1.807, 2.05) is 32.0 Å². The van der Waals surface area contributed by atoms with E-state index in [1.54, 1.807) is 30.3 Å². The Morgan fingerprint density at radius 2 is 1.79 bits per heavy atom. The summed E-state index contributed by atoms with van der Waals surface area (Å²) in [5.74, 6) is 0.386. The first-order valence-electron chi connectivity index (χ1n) is 10.0. The number of unbranched alkanes of at least 4 members (excludes halogenated alkanes) is 1. The highest BCUT2D eigenvalue weighted by molar-refractivity contribution is 6.06. The van der Waals surface area contributed by atoms with Gasteiger partial charge in [-0.15, -0.1) is 0 Å². The van der Waals surface area contributed by atoms with Crippen molar-refractivity contribution in [3.63, 3.8) is 0 Å². The third-order valence-electron chi connectivity index (χ3n) is 4.60. The molecule has 0 aliphatic heterocycles. The van der Waals surface area contributed by atoms with Crippen LogP contribution in [0.15, 0.2) is 48.5 Å². The summed E-state index contributed by atoms with van der Waals surface area (Å²) in [4.78, 5) is 25.2. The van der Waals surface area contributed by atoms with Crippen LogP contribution in [0.25, 0.3) is 0 Å². The lowest BCUT2D eigenvalue weighted by Crippen LogP contribution is -2.22. The third-order valence-corrected chi connectivity index (χ3v) is 4.60. The monoisotopic (exact) mass is 382 g/mol. The first kappa shape index (κ1) is 21.5. The van der Waals surface area contributed by atoms with Crippen LogP contribution in [0.2, 0.25) is 0 Å². The van der Waals surface area contributed by atoms with E-state index in [9.17, 15) is 9.59 Å². The smallest absolute Gasteiger partial charge is 0.255 e. The van der Waals surface area contributed by atoms with Crippen LogP contribution in [0, 0.1) is 5.92 Å². The molecule has 0 unspecified atom stereocenters. The zero-order chi connectivity index (χ0) is 20.4. The van der Waals surface area contributed by atoms with Gasteiger partial charge in [-0.05, 0) is 50.1 Å². The van der Waals surface area contributed by atoms with Crippen molar-refractivity contribution in [2.45, 2.75) is 46.5 Å². The van der Waals surface area contributed by atoms with Gasteiger partial charge in [-0.25, -0.2) is 0 Å². The molecule has 0 heterocycles. The van der Waals surface area contributed by atoms with E-state index in [0.717, 1.165) is 25.7 Å². The maximum atomic E-state index is 12.7. The summed E-state index contributed by atoms with van der Waals surface area (Å²) >= 11 is 0. The second-order valence-electron chi connectivity index (χ2n) is 6.70. The number of carbonyl (C=O) groups excluding carboxylic acids is 2. The molecule has 2 rings (SSSR count). The fourth-order valence-corrected chi connectivity index (χ4v) is 3.00. The molecule has 1 atom stereocenters. The van der Waals surface area contributed by atoms with Crippen molar-refractivity contribution in [1.82, 2.24) is 0 Å². The molecule has 5 heteroatoms. The molecule has 2 amide bonds. The zero-order valence-electron chi connectivity index (χ0n) is 17.0. The van der Waals surface area contributed by atoms with Gasteiger partial charge >= 0.3 is 0 Å². The Morgan fingerprint density at radius 1 is 1.00 bits per heavy atom. The van der Waals surface area contributed by atoms with Gasteiger partial charge in [-0.1, -0.05) is 44.9 Å². The van der Waals surface area contributed by atoms with E-state index in [4.69, 9.17) is 4.74 Å². The van der Waals surface area contributed by atoms with Crippen molar-refractivity contribution in [3.05, 3.63) is 54.1 Å². The van der Waals surface area contributed by atoms with Crippen molar-refractivity contribution in [3.8, 4) is 5.75 Å². The second-order valence-corrected chi connectivity index (χ2v) is 6.70. The highest BCUT2D eigenvalue weighted by atomic mass is 16.5. The van der Waals surface area contributed by atoms with Crippen LogP contribution in [0.4, 0.5) is 11.4 Å². The number of para-hydroxylation sites is 2. The van der Waals surface area contributed by atoms with Crippen LogP contribution in [0.5, 0.6) is 5.75 Å². The van der Waals surface area contributed by atoms with Gasteiger partial charge in [0.05, 0.1) is 12.3 Å². The van der Waals surface area contributed by atoms with Crippen LogP contribution in [-0.2, 0) is 4.79 Å². The molecule has 2 aromatic rings. The van der Waals surface area contributed by atoms with Crippen molar-refractivity contribution < 1.29 is 14.3 Å². The first-order chi connectivity index (χ1) is 13.6. The fourth-order valence-electron chi connectivity index (χ4n) is 3.00. The average molecular weight is 383 g/mol. The summed E-state index contributed by atoms with van der Waals surface area (Å²) in [7, 11) is 0. The van der Waals surface area contributed by atoms with Crippen molar-refractivity contribution >= 4 is 23.2 Å². The minimum atomic E-state index is -0.249. The highest BCUT2D eigenvalue weighted by Crippen LogP contribution is 2.25. The normalized spacial score (nSPS) is 11.5. The van der Waals surface area contributed by atoms with Gasteiger partial charge in [0.2, 0.25) is 5.91 Å². The van der Waals surface area contributed by atoms with Crippen molar-refractivity contribution in [2.75, 3.05) is 17.2 Å². The molecule has 28 heavy (non-hydrogen) atoms. The minimum absolute atomic E-state index is 0.00416. The van der Waals surface area contributed by atoms with E-state index >= 15 is 0 Å². The topological polar surface area (TPSA) is 67.4 Å². The summed E-state index contributed by atoms with van der Waals surface area (Å²) < 4.78 is 5.55. The number of nitrogens with one attached hydrogen (secondary N) is 2. The molecule has 2 aromatic carbocycles. The molecule has 0 fully saturated rings. The molecule has 0 aromatic heterocycles. The predicted octanol–water partition coefficient (Wildman–Crippen LogP) is 5.49. The summed E-state index contributed by atoms with van der Waals surface area (Å²) in [6, 6.07) is 14.3. The summed E-state index contributed by atoms with van der Waals surface area (Å²) in [6.45, 7) is 6.57. The molecule has 0 saturated heterocycles. The number of hydrogen-bond donors (Lipinski definition) is 2. The molecule has 0 saturated carbocycles. The zero-order valence-corrected chi connectivity index (χ0v) is 17.0. The molecule has 150 valence electrons.